The van der Waals surface area contributed by atoms with Crippen molar-refractivity contribution >= 4 is 0 Å². The number of aliphatic hydroxyl groups is 2. The predicted octanol–water partition coefficient (Wildman–Crippen LogP) is 4.35. The van der Waals surface area contributed by atoms with Crippen LogP contribution in [-0.2, 0) is 5.60 Å². The Morgan fingerprint density at radius 3 is 1.83 bits per heavy atom. The Kier molecular flexibility index (Phi) is 4.79. The molecule has 0 saturated carbocycles. The number of benzene rings is 3. The van der Waals surface area contributed by atoms with Crippen molar-refractivity contribution in [2.45, 2.75) is 25.0 Å². The summed E-state index contributed by atoms with van der Waals surface area (Å²) in [6.45, 7) is 2.02. The van der Waals surface area contributed by atoms with Crippen molar-refractivity contribution in [1.82, 2.24) is 0 Å². The molecule has 0 fully saturated rings. The van der Waals surface area contributed by atoms with Crippen molar-refractivity contribution < 1.29 is 10.2 Å². The molecule has 0 saturated heterocycles. The summed E-state index contributed by atoms with van der Waals surface area (Å²) in [7, 11) is 0. The van der Waals surface area contributed by atoms with Gasteiger partial charge in [0.05, 0.1) is 6.10 Å². The van der Waals surface area contributed by atoms with Gasteiger partial charge in [0.25, 0.3) is 0 Å². The molecule has 0 amide bonds. The molecular formula is C22H22O2. The minimum Gasteiger partial charge on any atom is -0.388 e. The summed E-state index contributed by atoms with van der Waals surface area (Å²) < 4.78 is 0. The molecule has 0 bridgehead atoms. The molecule has 2 atom stereocenters. The Labute approximate surface area is 143 Å². The molecule has 2 heteroatoms. The van der Waals surface area contributed by atoms with Crippen LogP contribution in [0.1, 0.15) is 34.8 Å². The SMILES string of the molecule is Cc1ccc(C(O)(CC(O)c2ccccc2)c2ccccc2)cc1. The zero-order valence-corrected chi connectivity index (χ0v) is 13.8. The van der Waals surface area contributed by atoms with Crippen LogP contribution in [0.2, 0.25) is 0 Å². The van der Waals surface area contributed by atoms with E-state index in [1.54, 1.807) is 0 Å². The van der Waals surface area contributed by atoms with Gasteiger partial charge in [-0.3, -0.25) is 0 Å². The summed E-state index contributed by atoms with van der Waals surface area (Å²) in [5, 5.41) is 22.2. The van der Waals surface area contributed by atoms with Gasteiger partial charge >= 0.3 is 0 Å². The van der Waals surface area contributed by atoms with Crippen LogP contribution in [0.4, 0.5) is 0 Å². The molecule has 0 radical (unpaired) electrons. The van der Waals surface area contributed by atoms with Gasteiger partial charge in [0, 0.05) is 6.42 Å². The van der Waals surface area contributed by atoms with Crippen molar-refractivity contribution in [2.24, 2.45) is 0 Å². The Morgan fingerprint density at radius 1 is 0.750 bits per heavy atom. The lowest BCUT2D eigenvalue weighted by Crippen LogP contribution is -2.29. The second kappa shape index (κ2) is 7.00. The molecular weight excluding hydrogens is 296 g/mol. The largest absolute Gasteiger partial charge is 0.388 e. The summed E-state index contributed by atoms with van der Waals surface area (Å²) >= 11 is 0. The Hall–Kier alpha value is -2.42. The van der Waals surface area contributed by atoms with E-state index in [1.165, 1.54) is 0 Å². The first kappa shape index (κ1) is 16.4. The van der Waals surface area contributed by atoms with Crippen molar-refractivity contribution in [3.63, 3.8) is 0 Å². The Morgan fingerprint density at radius 2 is 1.25 bits per heavy atom. The molecule has 0 aromatic heterocycles. The van der Waals surface area contributed by atoms with E-state index in [-0.39, 0.29) is 6.42 Å². The highest BCUT2D eigenvalue weighted by molar-refractivity contribution is 5.38. The average Bonchev–Trinajstić information content (AvgIpc) is 2.63. The summed E-state index contributed by atoms with van der Waals surface area (Å²) in [6.07, 6.45) is -0.554. The number of aliphatic hydroxyl groups excluding tert-OH is 1. The van der Waals surface area contributed by atoms with Gasteiger partial charge in [0.15, 0.2) is 0 Å². The van der Waals surface area contributed by atoms with E-state index in [0.29, 0.717) is 0 Å². The lowest BCUT2D eigenvalue weighted by atomic mass is 9.80. The third kappa shape index (κ3) is 3.40. The molecule has 122 valence electrons. The van der Waals surface area contributed by atoms with Crippen molar-refractivity contribution in [3.8, 4) is 0 Å². The van der Waals surface area contributed by atoms with Crippen molar-refractivity contribution in [2.75, 3.05) is 0 Å². The van der Waals surface area contributed by atoms with Gasteiger partial charge in [-0.1, -0.05) is 90.5 Å². The highest BCUT2D eigenvalue weighted by Crippen LogP contribution is 2.37. The molecule has 2 N–H and O–H groups in total. The van der Waals surface area contributed by atoms with Gasteiger partial charge in [-0.05, 0) is 23.6 Å². The third-order valence-corrected chi connectivity index (χ3v) is 4.45. The first-order valence-electron chi connectivity index (χ1n) is 8.18. The van der Waals surface area contributed by atoms with E-state index in [0.717, 1.165) is 22.3 Å². The molecule has 3 rings (SSSR count). The van der Waals surface area contributed by atoms with Crippen molar-refractivity contribution in [3.05, 3.63) is 107 Å². The maximum atomic E-state index is 11.5. The predicted molar refractivity (Wildman–Crippen MR) is 96.6 cm³/mol. The summed E-state index contributed by atoms with van der Waals surface area (Å²) in [6, 6.07) is 26.8. The first-order valence-corrected chi connectivity index (χ1v) is 8.18. The number of hydrogen-bond acceptors (Lipinski definition) is 2. The topological polar surface area (TPSA) is 40.5 Å². The second-order valence-corrected chi connectivity index (χ2v) is 6.22. The fraction of sp³-hybridized carbons (Fsp3) is 0.182. The minimum atomic E-state index is -1.25. The first-order chi connectivity index (χ1) is 11.6. The summed E-state index contributed by atoms with van der Waals surface area (Å²) in [4.78, 5) is 0. The summed E-state index contributed by atoms with van der Waals surface area (Å²) in [5.74, 6) is 0. The molecule has 0 aliphatic heterocycles. The number of aryl methyl sites for hydroxylation is 1. The third-order valence-electron chi connectivity index (χ3n) is 4.45. The van der Waals surface area contributed by atoms with Crippen LogP contribution in [-0.4, -0.2) is 10.2 Å². The van der Waals surface area contributed by atoms with E-state index in [9.17, 15) is 10.2 Å². The fourth-order valence-electron chi connectivity index (χ4n) is 3.02. The van der Waals surface area contributed by atoms with Crippen LogP contribution in [0.15, 0.2) is 84.9 Å². The minimum absolute atomic E-state index is 0.198. The van der Waals surface area contributed by atoms with Gasteiger partial charge in [0.2, 0.25) is 0 Å². The second-order valence-electron chi connectivity index (χ2n) is 6.22. The van der Waals surface area contributed by atoms with Gasteiger partial charge in [-0.2, -0.15) is 0 Å². The van der Waals surface area contributed by atoms with E-state index in [4.69, 9.17) is 0 Å². The van der Waals surface area contributed by atoms with Crippen LogP contribution >= 0.6 is 0 Å². The molecule has 0 heterocycles. The van der Waals surface area contributed by atoms with E-state index in [2.05, 4.69) is 0 Å². The van der Waals surface area contributed by atoms with E-state index >= 15 is 0 Å². The van der Waals surface area contributed by atoms with Gasteiger partial charge < -0.3 is 10.2 Å². The van der Waals surface area contributed by atoms with Crippen LogP contribution in [0.25, 0.3) is 0 Å². The zero-order valence-electron chi connectivity index (χ0n) is 13.8. The lowest BCUT2D eigenvalue weighted by Gasteiger charge is -2.32. The monoisotopic (exact) mass is 318 g/mol. The molecule has 24 heavy (non-hydrogen) atoms. The van der Waals surface area contributed by atoms with Gasteiger partial charge in [0.1, 0.15) is 5.60 Å². The van der Waals surface area contributed by atoms with Gasteiger partial charge in [-0.25, -0.2) is 0 Å². The Bertz CT molecular complexity index is 766. The van der Waals surface area contributed by atoms with Crippen molar-refractivity contribution in [1.29, 1.82) is 0 Å². The van der Waals surface area contributed by atoms with Crippen LogP contribution < -0.4 is 0 Å². The normalized spacial score (nSPS) is 14.8. The maximum absolute atomic E-state index is 11.5. The zero-order chi connectivity index (χ0) is 17.0. The van der Waals surface area contributed by atoms with Crippen LogP contribution in [0, 0.1) is 6.92 Å². The molecule has 0 spiro atoms. The highest BCUT2D eigenvalue weighted by Gasteiger charge is 2.34. The molecule has 2 nitrogen and oxygen atoms in total. The average molecular weight is 318 g/mol. The van der Waals surface area contributed by atoms with E-state index in [1.807, 2.05) is 91.9 Å². The molecule has 3 aromatic carbocycles. The summed E-state index contributed by atoms with van der Waals surface area (Å²) in [5.41, 5.74) is 2.26. The fourth-order valence-corrected chi connectivity index (χ4v) is 3.02. The standard InChI is InChI=1S/C22H22O2/c1-17-12-14-20(15-13-17)22(24,19-10-6-3-7-11-19)16-21(23)18-8-4-2-5-9-18/h2-15,21,23-24H,16H2,1H3. The smallest absolute Gasteiger partial charge is 0.117 e. The number of hydrogen-bond donors (Lipinski definition) is 2. The molecule has 3 aromatic rings. The van der Waals surface area contributed by atoms with E-state index < -0.39 is 11.7 Å². The quantitative estimate of drug-likeness (QED) is 0.734. The highest BCUT2D eigenvalue weighted by atomic mass is 16.3. The van der Waals surface area contributed by atoms with Crippen LogP contribution in [0.5, 0.6) is 0 Å². The maximum Gasteiger partial charge on any atom is 0.117 e. The lowest BCUT2D eigenvalue weighted by molar-refractivity contribution is 0.0168. The van der Waals surface area contributed by atoms with Gasteiger partial charge in [-0.15, -0.1) is 0 Å². The Balaban J connectivity index is 2.01. The molecule has 2 unspecified atom stereocenters. The molecule has 0 aliphatic carbocycles. The molecule has 0 aliphatic rings. The number of rotatable bonds is 5. The van der Waals surface area contributed by atoms with Crippen LogP contribution in [0.3, 0.4) is 0 Å².